The molecule has 0 amide bonds. The van der Waals surface area contributed by atoms with E-state index in [2.05, 4.69) is 5.29 Å². The van der Waals surface area contributed by atoms with Crippen LogP contribution >= 0.6 is 0 Å². The number of carboxylic acids is 1. The summed E-state index contributed by atoms with van der Waals surface area (Å²) in [4.78, 5) is 20.4. The molecule has 0 radical (unpaired) electrons. The second kappa shape index (κ2) is 3.14. The number of nitroso groups, excluding NO2 is 1. The summed E-state index contributed by atoms with van der Waals surface area (Å²) in [5, 5.41) is 12.4. The SMILES string of the molecule is O=NN1CC=CC(C(=O)O)C1. The van der Waals surface area contributed by atoms with Crippen LogP contribution < -0.4 is 0 Å². The maximum absolute atomic E-state index is 10.4. The minimum absolute atomic E-state index is 0.176. The number of hydrogen-bond acceptors (Lipinski definition) is 3. The Bertz CT molecular complexity index is 202. The van der Waals surface area contributed by atoms with Crippen molar-refractivity contribution in [2.24, 2.45) is 11.2 Å². The quantitative estimate of drug-likeness (QED) is 0.459. The third-order valence-electron chi connectivity index (χ3n) is 1.52. The number of carboxylic acid groups (broad SMARTS) is 1. The fraction of sp³-hybridized carbons (Fsp3) is 0.500. The van der Waals surface area contributed by atoms with Crippen LogP contribution in [0.4, 0.5) is 0 Å². The van der Waals surface area contributed by atoms with E-state index in [1.807, 2.05) is 0 Å². The van der Waals surface area contributed by atoms with E-state index in [1.54, 1.807) is 12.2 Å². The van der Waals surface area contributed by atoms with Gasteiger partial charge in [0.1, 0.15) is 0 Å². The molecule has 11 heavy (non-hydrogen) atoms. The van der Waals surface area contributed by atoms with Crippen molar-refractivity contribution in [3.8, 4) is 0 Å². The van der Waals surface area contributed by atoms with Gasteiger partial charge in [0.05, 0.1) is 24.3 Å². The standard InChI is InChI=1S/C6H8N2O3/c9-6(10)5-2-1-3-8(4-5)7-11/h1-2,5H,3-4H2,(H,9,10). The summed E-state index contributed by atoms with van der Waals surface area (Å²) in [6, 6.07) is 0. The minimum atomic E-state index is -0.922. The average molecular weight is 156 g/mol. The van der Waals surface area contributed by atoms with Crippen molar-refractivity contribution in [1.29, 1.82) is 0 Å². The Labute approximate surface area is 63.2 Å². The molecule has 0 fully saturated rings. The molecule has 1 rings (SSSR count). The third-order valence-corrected chi connectivity index (χ3v) is 1.52. The zero-order valence-electron chi connectivity index (χ0n) is 5.80. The molecule has 0 aliphatic carbocycles. The first-order valence-corrected chi connectivity index (χ1v) is 3.21. The highest BCUT2D eigenvalue weighted by Gasteiger charge is 2.20. The highest BCUT2D eigenvalue weighted by molar-refractivity contribution is 5.72. The van der Waals surface area contributed by atoms with Crippen LogP contribution in [0.1, 0.15) is 0 Å². The zero-order chi connectivity index (χ0) is 8.27. The van der Waals surface area contributed by atoms with E-state index in [0.717, 1.165) is 0 Å². The van der Waals surface area contributed by atoms with Gasteiger partial charge >= 0.3 is 5.97 Å². The fourth-order valence-electron chi connectivity index (χ4n) is 0.936. The molecular formula is C6H8N2O3. The van der Waals surface area contributed by atoms with Crippen molar-refractivity contribution >= 4 is 5.97 Å². The van der Waals surface area contributed by atoms with Gasteiger partial charge in [-0.3, -0.25) is 9.80 Å². The summed E-state index contributed by atoms with van der Waals surface area (Å²) in [6.07, 6.45) is 3.20. The van der Waals surface area contributed by atoms with Crippen LogP contribution in [0.5, 0.6) is 0 Å². The second-order valence-corrected chi connectivity index (χ2v) is 2.33. The summed E-state index contributed by atoms with van der Waals surface area (Å²) in [7, 11) is 0. The van der Waals surface area contributed by atoms with Crippen LogP contribution in [-0.2, 0) is 4.79 Å². The summed E-state index contributed by atoms with van der Waals surface area (Å²) < 4.78 is 0. The molecule has 1 unspecified atom stereocenters. The van der Waals surface area contributed by atoms with Crippen LogP contribution in [0.2, 0.25) is 0 Å². The topological polar surface area (TPSA) is 70.0 Å². The molecule has 0 saturated carbocycles. The van der Waals surface area contributed by atoms with Crippen molar-refractivity contribution in [1.82, 2.24) is 5.01 Å². The Kier molecular flexibility index (Phi) is 2.20. The average Bonchev–Trinajstić information content (AvgIpc) is 2.05. The molecule has 5 nitrogen and oxygen atoms in total. The van der Waals surface area contributed by atoms with Crippen LogP contribution in [-0.4, -0.2) is 29.2 Å². The van der Waals surface area contributed by atoms with E-state index in [4.69, 9.17) is 5.11 Å². The largest absolute Gasteiger partial charge is 0.481 e. The van der Waals surface area contributed by atoms with E-state index in [9.17, 15) is 9.70 Å². The minimum Gasteiger partial charge on any atom is -0.481 e. The molecule has 1 aliphatic heterocycles. The monoisotopic (exact) mass is 156 g/mol. The summed E-state index contributed by atoms with van der Waals surface area (Å²) in [5.41, 5.74) is 0. The Morgan fingerprint density at radius 2 is 2.45 bits per heavy atom. The molecule has 60 valence electrons. The van der Waals surface area contributed by atoms with Crippen LogP contribution in [0.25, 0.3) is 0 Å². The molecule has 1 atom stereocenters. The lowest BCUT2D eigenvalue weighted by Gasteiger charge is -2.20. The molecular weight excluding hydrogens is 148 g/mol. The molecule has 0 saturated heterocycles. The summed E-state index contributed by atoms with van der Waals surface area (Å²) in [6.45, 7) is 0.586. The third kappa shape index (κ3) is 1.76. The Morgan fingerprint density at radius 3 is 3.00 bits per heavy atom. The summed E-state index contributed by atoms with van der Waals surface area (Å²) in [5.74, 6) is -1.52. The van der Waals surface area contributed by atoms with Gasteiger partial charge in [-0.25, -0.2) is 0 Å². The second-order valence-electron chi connectivity index (χ2n) is 2.33. The number of hydrogen-bond donors (Lipinski definition) is 1. The lowest BCUT2D eigenvalue weighted by Crippen LogP contribution is -2.31. The molecule has 0 aromatic heterocycles. The normalized spacial score (nSPS) is 23.3. The lowest BCUT2D eigenvalue weighted by atomic mass is 10.1. The van der Waals surface area contributed by atoms with Gasteiger partial charge in [-0.05, 0) is 0 Å². The van der Waals surface area contributed by atoms with Gasteiger partial charge in [-0.1, -0.05) is 12.2 Å². The smallest absolute Gasteiger partial charge is 0.312 e. The zero-order valence-corrected chi connectivity index (χ0v) is 5.80. The summed E-state index contributed by atoms with van der Waals surface area (Å²) >= 11 is 0. The Balaban J connectivity index is 2.58. The first-order chi connectivity index (χ1) is 5.24. The van der Waals surface area contributed by atoms with Gasteiger partial charge in [-0.15, -0.1) is 4.91 Å². The van der Waals surface area contributed by atoms with Crippen molar-refractivity contribution in [2.75, 3.05) is 13.1 Å². The lowest BCUT2D eigenvalue weighted by molar-refractivity contribution is -0.140. The first kappa shape index (κ1) is 7.71. The van der Waals surface area contributed by atoms with E-state index in [-0.39, 0.29) is 6.54 Å². The molecule has 1 N–H and O–H groups in total. The number of rotatable bonds is 2. The van der Waals surface area contributed by atoms with Gasteiger partial charge in [0.2, 0.25) is 0 Å². The highest BCUT2D eigenvalue weighted by Crippen LogP contribution is 2.08. The first-order valence-electron chi connectivity index (χ1n) is 3.21. The van der Waals surface area contributed by atoms with Gasteiger partial charge in [-0.2, -0.15) is 0 Å². The van der Waals surface area contributed by atoms with Crippen molar-refractivity contribution in [3.05, 3.63) is 17.1 Å². The van der Waals surface area contributed by atoms with Gasteiger partial charge in [0.25, 0.3) is 0 Å². The molecule has 1 heterocycles. The molecule has 0 spiro atoms. The predicted molar refractivity (Wildman–Crippen MR) is 37.6 cm³/mol. The number of aliphatic carboxylic acids is 1. The molecule has 1 aliphatic rings. The Hall–Kier alpha value is -1.39. The van der Waals surface area contributed by atoms with E-state index in [1.165, 1.54) is 5.01 Å². The Morgan fingerprint density at radius 1 is 1.73 bits per heavy atom. The van der Waals surface area contributed by atoms with E-state index in [0.29, 0.717) is 6.54 Å². The van der Waals surface area contributed by atoms with Crippen molar-refractivity contribution < 1.29 is 9.90 Å². The van der Waals surface area contributed by atoms with Crippen LogP contribution in [0.15, 0.2) is 17.4 Å². The molecule has 0 bridgehead atoms. The molecule has 0 aromatic rings. The number of carbonyl (C=O) groups is 1. The maximum Gasteiger partial charge on any atom is 0.312 e. The van der Waals surface area contributed by atoms with Crippen molar-refractivity contribution in [2.45, 2.75) is 0 Å². The number of nitrogens with zero attached hydrogens (tertiary/aromatic N) is 2. The van der Waals surface area contributed by atoms with Crippen molar-refractivity contribution in [3.63, 3.8) is 0 Å². The van der Waals surface area contributed by atoms with Crippen LogP contribution in [0, 0.1) is 10.8 Å². The van der Waals surface area contributed by atoms with Gasteiger partial charge in [0, 0.05) is 0 Å². The molecule has 5 heteroatoms. The predicted octanol–water partition coefficient (Wildman–Crippen LogP) is 0.240. The van der Waals surface area contributed by atoms with Crippen LogP contribution in [0.3, 0.4) is 0 Å². The maximum atomic E-state index is 10.4. The fourth-order valence-corrected chi connectivity index (χ4v) is 0.936. The van der Waals surface area contributed by atoms with Gasteiger partial charge in [0.15, 0.2) is 0 Å². The van der Waals surface area contributed by atoms with E-state index >= 15 is 0 Å². The van der Waals surface area contributed by atoms with E-state index < -0.39 is 11.9 Å². The highest BCUT2D eigenvalue weighted by atomic mass is 16.4. The molecule has 0 aromatic carbocycles. The van der Waals surface area contributed by atoms with Gasteiger partial charge < -0.3 is 5.11 Å².